The van der Waals surface area contributed by atoms with Gasteiger partial charge in [-0.05, 0) is 62.7 Å². The van der Waals surface area contributed by atoms with Gasteiger partial charge in [-0.25, -0.2) is 14.8 Å². The van der Waals surface area contributed by atoms with Gasteiger partial charge < -0.3 is 25.1 Å². The Morgan fingerprint density at radius 1 is 1.12 bits per heavy atom. The minimum Gasteiger partial charge on any atom is -0.465 e. The van der Waals surface area contributed by atoms with Crippen LogP contribution >= 0.6 is 0 Å². The maximum atomic E-state index is 13.3. The quantitative estimate of drug-likeness (QED) is 0.0801. The van der Waals surface area contributed by atoms with Crippen molar-refractivity contribution in [1.82, 2.24) is 19.9 Å². The fourth-order valence-corrected chi connectivity index (χ4v) is 5.28. The second-order valence-corrected chi connectivity index (χ2v) is 10.1. The number of methoxy groups -OCH3 is 1. The van der Waals surface area contributed by atoms with E-state index in [2.05, 4.69) is 25.3 Å². The Labute approximate surface area is 234 Å². The number of piperidine rings is 1. The number of rotatable bonds is 9. The van der Waals surface area contributed by atoms with Crippen LogP contribution in [0.15, 0.2) is 47.6 Å². The number of hydrogen-bond donors (Lipinski definition) is 3. The number of fused-ring (bicyclic) bond motifs is 3. The third-order valence-corrected chi connectivity index (χ3v) is 7.24. The summed E-state index contributed by atoms with van der Waals surface area (Å²) in [5.41, 5.74) is 0.502. The number of nitrogens with one attached hydrogen (secondary N) is 2. The van der Waals surface area contributed by atoms with Crippen molar-refractivity contribution < 1.29 is 27.9 Å². The average molecular weight is 569 g/mol. The van der Waals surface area contributed by atoms with E-state index in [1.54, 1.807) is 18.2 Å². The highest BCUT2D eigenvalue weighted by molar-refractivity contribution is 6.12. The van der Waals surface area contributed by atoms with Crippen molar-refractivity contribution in [3.8, 4) is 0 Å². The van der Waals surface area contributed by atoms with Crippen LogP contribution in [0.2, 0.25) is 0 Å². The van der Waals surface area contributed by atoms with Gasteiger partial charge in [-0.2, -0.15) is 13.2 Å². The van der Waals surface area contributed by atoms with E-state index < -0.39 is 17.9 Å². The van der Waals surface area contributed by atoms with Gasteiger partial charge in [-0.3, -0.25) is 0 Å². The van der Waals surface area contributed by atoms with Crippen molar-refractivity contribution in [3.05, 3.63) is 65.0 Å². The van der Waals surface area contributed by atoms with Crippen LogP contribution in [0, 0.1) is 0 Å². The molecule has 5 rings (SSSR count). The molecule has 1 aliphatic rings. The van der Waals surface area contributed by atoms with E-state index in [1.165, 1.54) is 44.6 Å². The summed E-state index contributed by atoms with van der Waals surface area (Å²) in [6.07, 6.45) is -0.0164. The number of aromatic amines is 1. The number of anilines is 1. The predicted octanol–water partition coefficient (Wildman–Crippen LogP) is 5.52. The lowest BCUT2D eigenvalue weighted by Gasteiger charge is -2.26. The van der Waals surface area contributed by atoms with E-state index in [1.807, 2.05) is 6.07 Å². The first kappa shape index (κ1) is 28.3. The summed E-state index contributed by atoms with van der Waals surface area (Å²) in [7, 11) is 1.32. The number of likely N-dealkylation sites (tertiary alicyclic amines) is 1. The Hall–Kier alpha value is -4.19. The Balaban J connectivity index is 1.47. The van der Waals surface area contributed by atoms with Crippen LogP contribution in [0.1, 0.15) is 53.0 Å². The van der Waals surface area contributed by atoms with Gasteiger partial charge in [0.1, 0.15) is 17.3 Å². The SMILES string of the molecule is COC(=O)c1ccc2c(c1)[nH]c1nc(Cc3cccc(/C(=N/O)C(F)(F)F)c3)nc(NCCCN3CCCCC3)c12. The lowest BCUT2D eigenvalue weighted by Crippen LogP contribution is -2.31. The van der Waals surface area contributed by atoms with Crippen LogP contribution in [0.5, 0.6) is 0 Å². The topological polar surface area (TPSA) is 116 Å². The number of carbonyl (C=O) groups excluding carboxylic acids is 1. The van der Waals surface area contributed by atoms with Crippen molar-refractivity contribution in [2.75, 3.05) is 38.6 Å². The van der Waals surface area contributed by atoms with Crippen LogP contribution in [-0.4, -0.2) is 76.2 Å². The largest absolute Gasteiger partial charge is 0.465 e. The molecule has 12 heteroatoms. The molecule has 0 amide bonds. The Morgan fingerprint density at radius 3 is 2.66 bits per heavy atom. The summed E-state index contributed by atoms with van der Waals surface area (Å²) in [5, 5.41) is 16.5. The van der Waals surface area contributed by atoms with Crippen molar-refractivity contribution in [3.63, 3.8) is 0 Å². The first-order chi connectivity index (χ1) is 19.8. The van der Waals surface area contributed by atoms with Crippen LogP contribution in [0.25, 0.3) is 21.9 Å². The molecule has 0 bridgehead atoms. The van der Waals surface area contributed by atoms with Gasteiger partial charge in [0.25, 0.3) is 0 Å². The zero-order chi connectivity index (χ0) is 29.0. The molecule has 9 nitrogen and oxygen atoms in total. The summed E-state index contributed by atoms with van der Waals surface area (Å²) in [6.45, 7) is 3.88. The fourth-order valence-electron chi connectivity index (χ4n) is 5.28. The summed E-state index contributed by atoms with van der Waals surface area (Å²) >= 11 is 0. The molecule has 0 saturated carbocycles. The number of hydrogen-bond acceptors (Lipinski definition) is 8. The molecule has 4 aromatic rings. The Bertz CT molecular complexity index is 1580. The van der Waals surface area contributed by atoms with Gasteiger partial charge in [0.2, 0.25) is 0 Å². The van der Waals surface area contributed by atoms with Crippen molar-refractivity contribution in [2.45, 2.75) is 38.3 Å². The predicted molar refractivity (Wildman–Crippen MR) is 150 cm³/mol. The summed E-state index contributed by atoms with van der Waals surface area (Å²) in [4.78, 5) is 27.3. The van der Waals surface area contributed by atoms with Gasteiger partial charge in [0.05, 0.1) is 18.1 Å². The maximum Gasteiger partial charge on any atom is 0.437 e. The number of carbonyl (C=O) groups is 1. The molecule has 3 heterocycles. The molecule has 2 aromatic carbocycles. The van der Waals surface area contributed by atoms with E-state index in [-0.39, 0.29) is 12.0 Å². The molecular formula is C29H31F3N6O3. The molecule has 1 aliphatic heterocycles. The van der Waals surface area contributed by atoms with Crippen molar-refractivity contribution >= 4 is 39.4 Å². The van der Waals surface area contributed by atoms with Gasteiger partial charge in [-0.15, -0.1) is 0 Å². The number of nitrogens with zero attached hydrogens (tertiary/aromatic N) is 4. The fraction of sp³-hybridized carbons (Fsp3) is 0.379. The first-order valence-electron chi connectivity index (χ1n) is 13.5. The standard InChI is InChI=1S/C29H31F3N6O3/c1-41-28(39)20-9-10-21-22(17-20)34-27-24(21)26(33-11-6-14-38-12-3-2-4-13-38)35-23(36-27)16-18-7-5-8-19(15-18)25(37-40)29(30,31)32/h5,7-10,15,17,40H,2-4,6,11-14,16H2,1H3,(H2,33,34,35,36)/b37-25-. The number of H-pyrrole nitrogens is 1. The lowest BCUT2D eigenvalue weighted by atomic mass is 10.0. The van der Waals surface area contributed by atoms with E-state index in [0.717, 1.165) is 36.8 Å². The van der Waals surface area contributed by atoms with E-state index in [9.17, 15) is 18.0 Å². The van der Waals surface area contributed by atoms with Crippen LogP contribution in [0.3, 0.4) is 0 Å². The maximum absolute atomic E-state index is 13.3. The lowest BCUT2D eigenvalue weighted by molar-refractivity contribution is -0.0601. The molecule has 0 spiro atoms. The smallest absolute Gasteiger partial charge is 0.437 e. The zero-order valence-electron chi connectivity index (χ0n) is 22.6. The van der Waals surface area contributed by atoms with Crippen molar-refractivity contribution in [1.29, 1.82) is 0 Å². The monoisotopic (exact) mass is 568 g/mol. The van der Waals surface area contributed by atoms with Gasteiger partial charge in [0.15, 0.2) is 5.71 Å². The molecule has 216 valence electrons. The molecule has 0 radical (unpaired) electrons. The minimum absolute atomic E-state index is 0.144. The van der Waals surface area contributed by atoms with Gasteiger partial charge >= 0.3 is 12.1 Å². The highest BCUT2D eigenvalue weighted by Crippen LogP contribution is 2.31. The molecule has 41 heavy (non-hydrogen) atoms. The third kappa shape index (κ3) is 6.43. The number of ether oxygens (including phenoxy) is 1. The number of alkyl halides is 3. The molecular weight excluding hydrogens is 537 g/mol. The number of benzene rings is 2. The molecule has 3 N–H and O–H groups in total. The second-order valence-electron chi connectivity index (χ2n) is 10.1. The minimum atomic E-state index is -4.80. The normalized spacial score (nSPS) is 15.0. The first-order valence-corrected chi connectivity index (χ1v) is 13.5. The highest BCUT2D eigenvalue weighted by Gasteiger charge is 2.37. The van der Waals surface area contributed by atoms with Crippen LogP contribution in [0.4, 0.5) is 19.0 Å². The van der Waals surface area contributed by atoms with Gasteiger partial charge in [-0.1, -0.05) is 35.8 Å². The number of aromatic nitrogens is 3. The molecule has 1 fully saturated rings. The molecule has 1 saturated heterocycles. The Morgan fingerprint density at radius 2 is 1.93 bits per heavy atom. The summed E-state index contributed by atoms with van der Waals surface area (Å²) in [6, 6.07) is 10.9. The third-order valence-electron chi connectivity index (χ3n) is 7.24. The van der Waals surface area contributed by atoms with E-state index in [0.29, 0.717) is 40.5 Å². The van der Waals surface area contributed by atoms with Crippen molar-refractivity contribution in [2.24, 2.45) is 5.16 Å². The molecule has 0 atom stereocenters. The second kappa shape index (κ2) is 12.1. The van der Waals surface area contributed by atoms with E-state index >= 15 is 0 Å². The molecule has 0 aliphatic carbocycles. The number of esters is 1. The van der Waals surface area contributed by atoms with Crippen LogP contribution < -0.4 is 5.32 Å². The number of oxime groups is 1. The average Bonchev–Trinajstić information content (AvgIpc) is 3.33. The van der Waals surface area contributed by atoms with Crippen LogP contribution in [-0.2, 0) is 11.2 Å². The molecule has 0 unspecified atom stereocenters. The van der Waals surface area contributed by atoms with Gasteiger partial charge in [0, 0.05) is 29.4 Å². The van der Waals surface area contributed by atoms with E-state index in [4.69, 9.17) is 14.9 Å². The summed E-state index contributed by atoms with van der Waals surface area (Å²) in [5.74, 6) is 0.533. The summed E-state index contributed by atoms with van der Waals surface area (Å²) < 4.78 is 44.8. The zero-order valence-corrected chi connectivity index (χ0v) is 22.6. The molecule has 2 aromatic heterocycles. The highest BCUT2D eigenvalue weighted by atomic mass is 19.4. The Kier molecular flexibility index (Phi) is 8.39. The number of halogens is 3.